The Bertz CT molecular complexity index is 682. The lowest BCUT2D eigenvalue weighted by molar-refractivity contribution is -0.274. The number of aliphatic imine (C=N–C) groups is 1. The second kappa shape index (κ2) is 7.67. The molecule has 0 bridgehead atoms. The number of hydrogen-bond donors (Lipinski definition) is 2. The topological polar surface area (TPSA) is 59.6 Å². The molecular weight excluding hydrogens is 326 g/mol. The molecule has 0 unspecified atom stereocenters. The Morgan fingerprint density at radius 3 is 2.25 bits per heavy atom. The van der Waals surface area contributed by atoms with Crippen molar-refractivity contribution in [3.05, 3.63) is 59.9 Å². The highest BCUT2D eigenvalue weighted by Gasteiger charge is 2.30. The van der Waals surface area contributed by atoms with Crippen molar-refractivity contribution in [2.75, 3.05) is 11.9 Å². The molecule has 128 valence electrons. The fourth-order valence-corrected chi connectivity index (χ4v) is 1.88. The summed E-state index contributed by atoms with van der Waals surface area (Å²) in [5.74, 6) is -0.497. The zero-order valence-corrected chi connectivity index (χ0v) is 12.5. The molecule has 4 nitrogen and oxygen atoms in total. The predicted molar refractivity (Wildman–Crippen MR) is 83.3 cm³/mol. The van der Waals surface area contributed by atoms with Crippen LogP contribution in [0.5, 0.6) is 5.75 Å². The Labute approximate surface area is 136 Å². The van der Waals surface area contributed by atoms with Gasteiger partial charge in [0.25, 0.3) is 0 Å². The third kappa shape index (κ3) is 6.15. The first-order chi connectivity index (χ1) is 11.3. The Kier molecular flexibility index (Phi) is 5.62. The van der Waals surface area contributed by atoms with Crippen LogP contribution in [0.4, 0.5) is 23.2 Å². The van der Waals surface area contributed by atoms with E-state index in [9.17, 15) is 17.6 Å². The molecule has 0 aliphatic heterocycles. The van der Waals surface area contributed by atoms with Gasteiger partial charge in [0.2, 0.25) is 0 Å². The summed E-state index contributed by atoms with van der Waals surface area (Å²) in [6.07, 6.45) is -4.14. The van der Waals surface area contributed by atoms with Gasteiger partial charge in [0, 0.05) is 12.2 Å². The van der Waals surface area contributed by atoms with Crippen LogP contribution in [-0.4, -0.2) is 18.9 Å². The van der Waals surface area contributed by atoms with E-state index in [1.807, 2.05) is 0 Å². The maximum absolute atomic E-state index is 12.8. The first kappa shape index (κ1) is 17.6. The first-order valence-electron chi connectivity index (χ1n) is 6.99. The molecule has 0 fully saturated rings. The van der Waals surface area contributed by atoms with E-state index in [0.29, 0.717) is 18.7 Å². The standard InChI is InChI=1S/C16H15F4N3O/c17-12-3-1-11(2-4-12)9-10-22-15(21)23-13-5-7-14(8-6-13)24-16(18,19)20/h1-8H,9-10H2,(H3,21,22,23). The van der Waals surface area contributed by atoms with Crippen molar-refractivity contribution in [2.45, 2.75) is 12.8 Å². The molecule has 0 aromatic heterocycles. The smallest absolute Gasteiger partial charge is 0.406 e. The lowest BCUT2D eigenvalue weighted by atomic mass is 10.1. The maximum atomic E-state index is 12.8. The lowest BCUT2D eigenvalue weighted by Gasteiger charge is -2.10. The van der Waals surface area contributed by atoms with Crippen molar-refractivity contribution >= 4 is 11.6 Å². The van der Waals surface area contributed by atoms with Crippen LogP contribution < -0.4 is 15.8 Å². The molecule has 0 heterocycles. The van der Waals surface area contributed by atoms with E-state index >= 15 is 0 Å². The average Bonchev–Trinajstić information content (AvgIpc) is 2.50. The molecule has 8 heteroatoms. The van der Waals surface area contributed by atoms with Gasteiger partial charge in [0.15, 0.2) is 5.96 Å². The number of hydrogen-bond acceptors (Lipinski definition) is 2. The molecule has 0 saturated heterocycles. The number of nitrogens with one attached hydrogen (secondary N) is 1. The summed E-state index contributed by atoms with van der Waals surface area (Å²) in [6.45, 7) is 0.389. The number of ether oxygens (including phenoxy) is 1. The van der Waals surface area contributed by atoms with Gasteiger partial charge in [-0.2, -0.15) is 0 Å². The van der Waals surface area contributed by atoms with E-state index in [1.54, 1.807) is 12.1 Å². The van der Waals surface area contributed by atoms with Crippen molar-refractivity contribution in [1.29, 1.82) is 0 Å². The molecule has 24 heavy (non-hydrogen) atoms. The summed E-state index contributed by atoms with van der Waals surface area (Å²) < 4.78 is 52.7. The second-order valence-electron chi connectivity index (χ2n) is 4.84. The summed E-state index contributed by atoms with van der Waals surface area (Å²) in [4.78, 5) is 4.10. The lowest BCUT2D eigenvalue weighted by Crippen LogP contribution is -2.23. The van der Waals surface area contributed by atoms with Gasteiger partial charge in [0.1, 0.15) is 11.6 Å². The second-order valence-corrected chi connectivity index (χ2v) is 4.84. The summed E-state index contributed by atoms with van der Waals surface area (Å²) in [7, 11) is 0. The highest BCUT2D eigenvalue weighted by molar-refractivity contribution is 5.92. The van der Waals surface area contributed by atoms with Gasteiger partial charge in [-0.3, -0.25) is 4.99 Å². The van der Waals surface area contributed by atoms with Gasteiger partial charge in [-0.25, -0.2) is 4.39 Å². The van der Waals surface area contributed by atoms with Crippen molar-refractivity contribution in [2.24, 2.45) is 10.7 Å². The molecule has 0 spiro atoms. The van der Waals surface area contributed by atoms with Gasteiger partial charge in [-0.1, -0.05) is 12.1 Å². The largest absolute Gasteiger partial charge is 0.573 e. The molecular formula is C16H15F4N3O. The van der Waals surface area contributed by atoms with Crippen LogP contribution in [0.25, 0.3) is 0 Å². The molecule has 0 atom stereocenters. The zero-order valence-electron chi connectivity index (χ0n) is 12.5. The number of halogens is 4. The summed E-state index contributed by atoms with van der Waals surface area (Å²) in [6, 6.07) is 11.2. The minimum Gasteiger partial charge on any atom is -0.406 e. The van der Waals surface area contributed by atoms with Crippen LogP contribution in [-0.2, 0) is 6.42 Å². The number of nitrogens with two attached hydrogens (primary N) is 1. The van der Waals surface area contributed by atoms with Gasteiger partial charge >= 0.3 is 6.36 Å². The maximum Gasteiger partial charge on any atom is 0.573 e. The highest BCUT2D eigenvalue weighted by atomic mass is 19.4. The summed E-state index contributed by atoms with van der Waals surface area (Å²) in [5.41, 5.74) is 7.10. The van der Waals surface area contributed by atoms with E-state index in [4.69, 9.17) is 5.73 Å². The van der Waals surface area contributed by atoms with E-state index in [0.717, 1.165) is 5.56 Å². The Morgan fingerprint density at radius 2 is 1.67 bits per heavy atom. The minimum absolute atomic E-state index is 0.126. The number of guanidine groups is 1. The Morgan fingerprint density at radius 1 is 1.04 bits per heavy atom. The fourth-order valence-electron chi connectivity index (χ4n) is 1.88. The number of nitrogens with zero attached hydrogens (tertiary/aromatic N) is 1. The minimum atomic E-state index is -4.73. The first-order valence-corrected chi connectivity index (χ1v) is 6.99. The third-order valence-electron chi connectivity index (χ3n) is 2.96. The van der Waals surface area contributed by atoms with Crippen LogP contribution in [0.2, 0.25) is 0 Å². The number of anilines is 1. The molecule has 2 rings (SSSR count). The van der Waals surface area contributed by atoms with E-state index in [-0.39, 0.29) is 17.5 Å². The zero-order chi connectivity index (χ0) is 17.6. The fraction of sp³-hybridized carbons (Fsp3) is 0.188. The van der Waals surface area contributed by atoms with Crippen LogP contribution in [0.15, 0.2) is 53.5 Å². The van der Waals surface area contributed by atoms with Crippen LogP contribution >= 0.6 is 0 Å². The van der Waals surface area contributed by atoms with Crippen molar-refractivity contribution in [3.63, 3.8) is 0 Å². The molecule has 2 aromatic carbocycles. The van der Waals surface area contributed by atoms with E-state index < -0.39 is 6.36 Å². The Balaban J connectivity index is 1.84. The van der Waals surface area contributed by atoms with Crippen molar-refractivity contribution in [3.8, 4) is 5.75 Å². The SMILES string of the molecule is NC(=NCCc1ccc(F)cc1)Nc1ccc(OC(F)(F)F)cc1. The molecule has 0 aliphatic rings. The highest BCUT2D eigenvalue weighted by Crippen LogP contribution is 2.23. The number of alkyl halides is 3. The average molecular weight is 341 g/mol. The quantitative estimate of drug-likeness (QED) is 0.495. The van der Waals surface area contributed by atoms with E-state index in [1.165, 1.54) is 36.4 Å². The van der Waals surface area contributed by atoms with Crippen LogP contribution in [0, 0.1) is 5.82 Å². The van der Waals surface area contributed by atoms with Gasteiger partial charge in [-0.05, 0) is 48.4 Å². The van der Waals surface area contributed by atoms with Crippen LogP contribution in [0.3, 0.4) is 0 Å². The molecule has 2 aromatic rings. The molecule has 0 amide bonds. The monoisotopic (exact) mass is 341 g/mol. The van der Waals surface area contributed by atoms with Crippen molar-refractivity contribution in [1.82, 2.24) is 0 Å². The molecule has 0 saturated carbocycles. The Hall–Kier alpha value is -2.77. The van der Waals surface area contributed by atoms with Gasteiger partial charge < -0.3 is 15.8 Å². The molecule has 3 N–H and O–H groups in total. The molecule has 0 radical (unpaired) electrons. The normalized spacial score (nSPS) is 12.1. The summed E-state index contributed by atoms with van der Waals surface area (Å²) >= 11 is 0. The van der Waals surface area contributed by atoms with Gasteiger partial charge in [-0.15, -0.1) is 13.2 Å². The van der Waals surface area contributed by atoms with Crippen molar-refractivity contribution < 1.29 is 22.3 Å². The predicted octanol–water partition coefficient (Wildman–Crippen LogP) is 3.69. The number of rotatable bonds is 5. The van der Waals surface area contributed by atoms with Crippen LogP contribution in [0.1, 0.15) is 5.56 Å². The molecule has 0 aliphatic carbocycles. The summed E-state index contributed by atoms with van der Waals surface area (Å²) in [5, 5.41) is 2.76. The van der Waals surface area contributed by atoms with Gasteiger partial charge in [0.05, 0.1) is 0 Å². The number of benzene rings is 2. The third-order valence-corrected chi connectivity index (χ3v) is 2.96. The van der Waals surface area contributed by atoms with E-state index in [2.05, 4.69) is 15.0 Å².